The number of hydrogen-bond acceptors (Lipinski definition) is 3. The molecule has 5 heteroatoms. The summed E-state index contributed by atoms with van der Waals surface area (Å²) >= 11 is 0. The van der Waals surface area contributed by atoms with Crippen molar-refractivity contribution in [3.8, 4) is 0 Å². The molecule has 1 heterocycles. The summed E-state index contributed by atoms with van der Waals surface area (Å²) in [6.45, 7) is 3.26. The molecule has 0 atom stereocenters. The smallest absolute Gasteiger partial charge is 0.256 e. The van der Waals surface area contributed by atoms with E-state index in [0.717, 1.165) is 45.4 Å². The van der Waals surface area contributed by atoms with Crippen molar-refractivity contribution in [3.05, 3.63) is 29.8 Å². The second-order valence-corrected chi connectivity index (χ2v) is 6.26. The summed E-state index contributed by atoms with van der Waals surface area (Å²) in [5.41, 5.74) is 1.24. The SMILES string of the molecule is CN1CCN(C(=O)c2ccccc2NC(=O)C2CCC2)CC1. The topological polar surface area (TPSA) is 52.6 Å². The Morgan fingerprint density at radius 2 is 1.77 bits per heavy atom. The lowest BCUT2D eigenvalue weighted by Crippen LogP contribution is -2.47. The van der Waals surface area contributed by atoms with Crippen LogP contribution in [0.15, 0.2) is 24.3 Å². The van der Waals surface area contributed by atoms with Crippen molar-refractivity contribution in [1.82, 2.24) is 9.80 Å². The number of para-hydroxylation sites is 1. The van der Waals surface area contributed by atoms with E-state index in [0.29, 0.717) is 11.3 Å². The Morgan fingerprint density at radius 3 is 2.41 bits per heavy atom. The summed E-state index contributed by atoms with van der Waals surface area (Å²) in [6, 6.07) is 7.33. The molecule has 1 aliphatic carbocycles. The molecule has 3 rings (SSSR count). The summed E-state index contributed by atoms with van der Waals surface area (Å²) in [6.07, 6.45) is 3.04. The molecule has 2 aliphatic rings. The Labute approximate surface area is 131 Å². The molecule has 22 heavy (non-hydrogen) atoms. The predicted octanol–water partition coefficient (Wildman–Crippen LogP) is 1.81. The molecule has 0 unspecified atom stereocenters. The zero-order chi connectivity index (χ0) is 15.5. The third-order valence-corrected chi connectivity index (χ3v) is 4.68. The van der Waals surface area contributed by atoms with Gasteiger partial charge >= 0.3 is 0 Å². The molecule has 0 radical (unpaired) electrons. The van der Waals surface area contributed by atoms with Gasteiger partial charge in [0.25, 0.3) is 5.91 Å². The van der Waals surface area contributed by atoms with E-state index in [1.165, 1.54) is 0 Å². The molecule has 0 aromatic heterocycles. The zero-order valence-corrected chi connectivity index (χ0v) is 13.0. The molecule has 1 aliphatic heterocycles. The van der Waals surface area contributed by atoms with Crippen LogP contribution in [0.1, 0.15) is 29.6 Å². The van der Waals surface area contributed by atoms with E-state index in [9.17, 15) is 9.59 Å². The Kier molecular flexibility index (Phi) is 4.43. The quantitative estimate of drug-likeness (QED) is 0.926. The van der Waals surface area contributed by atoms with Crippen molar-refractivity contribution in [1.29, 1.82) is 0 Å². The minimum atomic E-state index is 0.0117. The van der Waals surface area contributed by atoms with Crippen LogP contribution in [0.3, 0.4) is 0 Å². The Morgan fingerprint density at radius 1 is 1.09 bits per heavy atom. The summed E-state index contributed by atoms with van der Waals surface area (Å²) in [7, 11) is 2.06. The lowest BCUT2D eigenvalue weighted by atomic mass is 9.85. The average molecular weight is 301 g/mol. The first-order valence-corrected chi connectivity index (χ1v) is 8.03. The number of carbonyl (C=O) groups is 2. The highest BCUT2D eigenvalue weighted by atomic mass is 16.2. The molecule has 1 aromatic carbocycles. The second-order valence-electron chi connectivity index (χ2n) is 6.26. The minimum absolute atomic E-state index is 0.0117. The Balaban J connectivity index is 1.72. The van der Waals surface area contributed by atoms with Gasteiger partial charge in [-0.05, 0) is 32.0 Å². The van der Waals surface area contributed by atoms with E-state index < -0.39 is 0 Å². The second kappa shape index (κ2) is 6.48. The van der Waals surface area contributed by atoms with E-state index >= 15 is 0 Å². The van der Waals surface area contributed by atoms with Crippen molar-refractivity contribution < 1.29 is 9.59 Å². The van der Waals surface area contributed by atoms with Crippen molar-refractivity contribution >= 4 is 17.5 Å². The third kappa shape index (κ3) is 3.14. The fourth-order valence-electron chi connectivity index (χ4n) is 2.86. The van der Waals surface area contributed by atoms with Crippen LogP contribution >= 0.6 is 0 Å². The van der Waals surface area contributed by atoms with E-state index in [1.54, 1.807) is 6.07 Å². The maximum Gasteiger partial charge on any atom is 0.256 e. The summed E-state index contributed by atoms with van der Waals surface area (Å²) in [5.74, 6) is 0.175. The average Bonchev–Trinajstić information content (AvgIpc) is 2.46. The number of nitrogens with zero attached hydrogens (tertiary/aromatic N) is 2. The number of benzene rings is 1. The van der Waals surface area contributed by atoms with Crippen LogP contribution in [0, 0.1) is 5.92 Å². The lowest BCUT2D eigenvalue weighted by molar-refractivity contribution is -0.122. The summed E-state index contributed by atoms with van der Waals surface area (Å²) in [5, 5.41) is 2.94. The number of hydrogen-bond donors (Lipinski definition) is 1. The van der Waals surface area contributed by atoms with Crippen molar-refractivity contribution in [2.45, 2.75) is 19.3 Å². The number of rotatable bonds is 3. The highest BCUT2D eigenvalue weighted by Gasteiger charge is 2.27. The predicted molar refractivity (Wildman–Crippen MR) is 85.8 cm³/mol. The van der Waals surface area contributed by atoms with Gasteiger partial charge in [0.15, 0.2) is 0 Å². The van der Waals surface area contributed by atoms with Crippen molar-refractivity contribution in [3.63, 3.8) is 0 Å². The third-order valence-electron chi connectivity index (χ3n) is 4.68. The van der Waals surface area contributed by atoms with Crippen LogP contribution < -0.4 is 5.32 Å². The maximum absolute atomic E-state index is 12.7. The molecule has 1 aromatic rings. The summed E-state index contributed by atoms with van der Waals surface area (Å²) < 4.78 is 0. The van der Waals surface area contributed by atoms with Gasteiger partial charge in [0.2, 0.25) is 5.91 Å². The van der Waals surface area contributed by atoms with Gasteiger partial charge in [-0.1, -0.05) is 18.6 Å². The minimum Gasteiger partial charge on any atom is -0.336 e. The van der Waals surface area contributed by atoms with Gasteiger partial charge < -0.3 is 15.1 Å². The lowest BCUT2D eigenvalue weighted by Gasteiger charge is -2.33. The van der Waals surface area contributed by atoms with E-state index in [-0.39, 0.29) is 17.7 Å². The first kappa shape index (κ1) is 15.0. The number of nitrogens with one attached hydrogen (secondary N) is 1. The molecule has 0 spiro atoms. The van der Waals surface area contributed by atoms with Crippen LogP contribution in [-0.4, -0.2) is 54.8 Å². The van der Waals surface area contributed by atoms with Gasteiger partial charge in [0.05, 0.1) is 11.3 Å². The molecule has 1 saturated carbocycles. The fraction of sp³-hybridized carbons (Fsp3) is 0.529. The van der Waals surface area contributed by atoms with Gasteiger partial charge in [-0.2, -0.15) is 0 Å². The van der Waals surface area contributed by atoms with Crippen LogP contribution in [0.5, 0.6) is 0 Å². The Hall–Kier alpha value is -1.88. The van der Waals surface area contributed by atoms with Gasteiger partial charge in [0, 0.05) is 32.1 Å². The molecule has 2 amide bonds. The molecule has 118 valence electrons. The van der Waals surface area contributed by atoms with Gasteiger partial charge in [-0.15, -0.1) is 0 Å². The van der Waals surface area contributed by atoms with E-state index in [1.807, 2.05) is 23.1 Å². The molecule has 2 fully saturated rings. The van der Waals surface area contributed by atoms with Crippen LogP contribution in [0.4, 0.5) is 5.69 Å². The first-order valence-electron chi connectivity index (χ1n) is 8.03. The van der Waals surface area contributed by atoms with Crippen molar-refractivity contribution in [2.75, 3.05) is 38.5 Å². The number of anilines is 1. The molecule has 1 N–H and O–H groups in total. The first-order chi connectivity index (χ1) is 10.6. The number of amides is 2. The van der Waals surface area contributed by atoms with Crippen LogP contribution in [0.25, 0.3) is 0 Å². The highest BCUT2D eigenvalue weighted by molar-refractivity contribution is 6.04. The molecular formula is C17H23N3O2. The Bertz CT molecular complexity index is 561. The molecule has 5 nitrogen and oxygen atoms in total. The molecular weight excluding hydrogens is 278 g/mol. The standard InChI is InChI=1S/C17H23N3O2/c1-19-9-11-20(12-10-19)17(22)14-7-2-3-8-15(14)18-16(21)13-5-4-6-13/h2-3,7-8,13H,4-6,9-12H2,1H3,(H,18,21). The van der Waals surface area contributed by atoms with Gasteiger partial charge in [-0.25, -0.2) is 0 Å². The summed E-state index contributed by atoms with van der Waals surface area (Å²) in [4.78, 5) is 29.0. The fourth-order valence-corrected chi connectivity index (χ4v) is 2.86. The largest absolute Gasteiger partial charge is 0.336 e. The zero-order valence-electron chi connectivity index (χ0n) is 13.0. The van der Waals surface area contributed by atoms with E-state index in [4.69, 9.17) is 0 Å². The number of carbonyl (C=O) groups excluding carboxylic acids is 2. The van der Waals surface area contributed by atoms with Crippen LogP contribution in [-0.2, 0) is 4.79 Å². The number of piperazine rings is 1. The molecule has 1 saturated heterocycles. The van der Waals surface area contributed by atoms with Crippen molar-refractivity contribution in [2.24, 2.45) is 5.92 Å². The van der Waals surface area contributed by atoms with Crippen LogP contribution in [0.2, 0.25) is 0 Å². The van der Waals surface area contributed by atoms with E-state index in [2.05, 4.69) is 17.3 Å². The normalized spacial score (nSPS) is 19.6. The monoisotopic (exact) mass is 301 g/mol. The molecule has 0 bridgehead atoms. The highest BCUT2D eigenvalue weighted by Crippen LogP contribution is 2.28. The van der Waals surface area contributed by atoms with Gasteiger partial charge in [-0.3, -0.25) is 9.59 Å². The maximum atomic E-state index is 12.7. The van der Waals surface area contributed by atoms with Gasteiger partial charge in [0.1, 0.15) is 0 Å². The number of likely N-dealkylation sites (N-methyl/N-ethyl adjacent to an activating group) is 1.